The minimum Gasteiger partial charge on any atom is -0.480 e. The van der Waals surface area contributed by atoms with Crippen LogP contribution in [0.1, 0.15) is 24.0 Å². The summed E-state index contributed by atoms with van der Waals surface area (Å²) < 4.78 is 0. The molecule has 3 rings (SSSR count). The molecule has 3 aromatic rings. The first kappa shape index (κ1) is 28.0. The Balaban J connectivity index is 1.77. The number of carboxylic acids is 1. The average molecular weight is 531 g/mol. The monoisotopic (exact) mass is 530 g/mol. The lowest BCUT2D eigenvalue weighted by molar-refractivity contribution is -0.145. The van der Waals surface area contributed by atoms with Crippen molar-refractivity contribution in [3.63, 3.8) is 0 Å². The zero-order valence-electron chi connectivity index (χ0n) is 20.4. The number of amides is 3. The fourth-order valence-electron chi connectivity index (χ4n) is 3.56. The number of aromatic nitrogens is 6. The molecule has 0 aliphatic heterocycles. The molecule has 0 fully saturated rings. The van der Waals surface area contributed by atoms with Gasteiger partial charge in [0.2, 0.25) is 17.7 Å². The van der Waals surface area contributed by atoms with Crippen molar-refractivity contribution in [1.82, 2.24) is 45.9 Å². The number of imidazole rings is 3. The number of aliphatic hydroxyl groups excluding tert-OH is 1. The molecule has 10 N–H and O–H groups in total. The second kappa shape index (κ2) is 13.1. The lowest BCUT2D eigenvalue weighted by atomic mass is 10.1. The Morgan fingerprint density at radius 2 is 1.21 bits per heavy atom. The molecule has 16 heteroatoms. The average Bonchev–Trinajstić information content (AvgIpc) is 3.65. The summed E-state index contributed by atoms with van der Waals surface area (Å²) in [6, 6.07) is -5.10. The van der Waals surface area contributed by atoms with Gasteiger partial charge in [-0.25, -0.2) is 19.7 Å². The number of rotatable bonds is 14. The highest BCUT2D eigenvalue weighted by Gasteiger charge is 2.32. The quantitative estimate of drug-likeness (QED) is 0.103. The van der Waals surface area contributed by atoms with Crippen molar-refractivity contribution in [3.05, 3.63) is 54.7 Å². The predicted molar refractivity (Wildman–Crippen MR) is 130 cm³/mol. The van der Waals surface area contributed by atoms with Crippen molar-refractivity contribution in [1.29, 1.82) is 0 Å². The van der Waals surface area contributed by atoms with Gasteiger partial charge in [0.1, 0.15) is 12.1 Å². The fraction of sp³-hybridized carbons (Fsp3) is 0.409. The molecule has 0 saturated carbocycles. The molecule has 3 aromatic heterocycles. The molecule has 0 spiro atoms. The Kier molecular flexibility index (Phi) is 9.66. The van der Waals surface area contributed by atoms with Gasteiger partial charge in [0.05, 0.1) is 48.2 Å². The molecule has 16 nitrogen and oxygen atoms in total. The summed E-state index contributed by atoms with van der Waals surface area (Å²) in [6.45, 7) is 1.21. The molecule has 5 atom stereocenters. The maximum atomic E-state index is 13.3. The number of hydrogen-bond donors (Lipinski definition) is 9. The van der Waals surface area contributed by atoms with Crippen molar-refractivity contribution >= 4 is 23.7 Å². The highest BCUT2D eigenvalue weighted by Crippen LogP contribution is 2.06. The van der Waals surface area contributed by atoms with E-state index in [0.717, 1.165) is 0 Å². The lowest BCUT2D eigenvalue weighted by Crippen LogP contribution is -2.59. The Hall–Kier alpha value is -4.57. The number of aliphatic hydroxyl groups is 1. The summed E-state index contributed by atoms with van der Waals surface area (Å²) in [5.41, 5.74) is 7.43. The van der Waals surface area contributed by atoms with Crippen molar-refractivity contribution < 1.29 is 29.4 Å². The maximum absolute atomic E-state index is 13.3. The third kappa shape index (κ3) is 7.97. The van der Waals surface area contributed by atoms with Crippen molar-refractivity contribution in [2.75, 3.05) is 0 Å². The van der Waals surface area contributed by atoms with Gasteiger partial charge in [-0.05, 0) is 6.92 Å². The van der Waals surface area contributed by atoms with Crippen LogP contribution in [0.25, 0.3) is 0 Å². The van der Waals surface area contributed by atoms with Gasteiger partial charge < -0.3 is 46.8 Å². The summed E-state index contributed by atoms with van der Waals surface area (Å²) in [6.07, 6.45) is 7.47. The van der Waals surface area contributed by atoms with E-state index in [4.69, 9.17) is 5.73 Å². The van der Waals surface area contributed by atoms with Crippen LogP contribution in [0.5, 0.6) is 0 Å². The van der Waals surface area contributed by atoms with Gasteiger partial charge in [-0.2, -0.15) is 0 Å². The van der Waals surface area contributed by atoms with Crippen LogP contribution in [0.3, 0.4) is 0 Å². The molecule has 0 saturated heterocycles. The number of carbonyl (C=O) groups excluding carboxylic acids is 3. The topological polar surface area (TPSA) is 257 Å². The van der Waals surface area contributed by atoms with Crippen LogP contribution >= 0.6 is 0 Å². The minimum atomic E-state index is -1.61. The zero-order valence-corrected chi connectivity index (χ0v) is 20.4. The normalized spacial score (nSPS) is 15.0. The van der Waals surface area contributed by atoms with E-state index in [0.29, 0.717) is 17.1 Å². The SMILES string of the molecule is C[C@@H](O)[C@H](NC(=O)[C@H](Cc1c[nH]cn1)NC(=O)[C@H](Cc1c[nH]cn1)NC(=O)[C@@H](N)Cc1c[nH]cn1)C(=O)O. The van der Waals surface area contributed by atoms with Crippen LogP contribution in [-0.4, -0.2) is 94.1 Å². The van der Waals surface area contributed by atoms with Crippen LogP contribution in [0.2, 0.25) is 0 Å². The molecule has 0 aromatic carbocycles. The highest BCUT2D eigenvalue weighted by atomic mass is 16.4. The van der Waals surface area contributed by atoms with Gasteiger partial charge in [0, 0.05) is 37.9 Å². The molecule has 0 aliphatic rings. The standard InChI is InChI=1S/C22H30N10O6/c1-11(33)18(22(37)38)32-21(36)17(4-14-7-26-10-29-14)31-20(35)16(3-13-6-25-9-28-13)30-19(34)15(23)2-12-5-24-8-27-12/h5-11,15-18,33H,2-4,23H2,1H3,(H,24,27)(H,25,28)(H,26,29)(H,30,34)(H,31,35)(H,32,36)(H,37,38)/t11-,15+,16+,17+,18+/m1/s1. The van der Waals surface area contributed by atoms with Gasteiger partial charge in [-0.1, -0.05) is 0 Å². The summed E-state index contributed by atoms with van der Waals surface area (Å²) >= 11 is 0. The number of carboxylic acid groups (broad SMARTS) is 1. The molecular weight excluding hydrogens is 500 g/mol. The first-order chi connectivity index (χ1) is 18.1. The highest BCUT2D eigenvalue weighted by molar-refractivity contribution is 5.94. The molecule has 3 heterocycles. The second-order valence-electron chi connectivity index (χ2n) is 8.59. The largest absolute Gasteiger partial charge is 0.480 e. The third-order valence-electron chi connectivity index (χ3n) is 5.57. The predicted octanol–water partition coefficient (Wildman–Crippen LogP) is -2.87. The summed E-state index contributed by atoms with van der Waals surface area (Å²) in [5, 5.41) is 26.5. The van der Waals surface area contributed by atoms with Crippen molar-refractivity contribution in [2.24, 2.45) is 5.73 Å². The number of nitrogens with two attached hydrogens (primary N) is 1. The number of aromatic amines is 3. The van der Waals surface area contributed by atoms with Gasteiger partial charge in [0.25, 0.3) is 0 Å². The first-order valence-corrected chi connectivity index (χ1v) is 11.6. The van der Waals surface area contributed by atoms with Gasteiger partial charge in [-0.15, -0.1) is 0 Å². The number of nitrogens with one attached hydrogen (secondary N) is 6. The van der Waals surface area contributed by atoms with Crippen LogP contribution in [0.4, 0.5) is 0 Å². The number of nitrogens with zero attached hydrogens (tertiary/aromatic N) is 3. The number of carbonyl (C=O) groups is 4. The van der Waals surface area contributed by atoms with Gasteiger partial charge in [-0.3, -0.25) is 14.4 Å². The summed E-state index contributed by atoms with van der Waals surface area (Å²) in [7, 11) is 0. The number of H-pyrrole nitrogens is 3. The second-order valence-corrected chi connectivity index (χ2v) is 8.59. The summed E-state index contributed by atoms with van der Waals surface area (Å²) in [4.78, 5) is 71.1. The fourth-order valence-corrected chi connectivity index (χ4v) is 3.56. The van der Waals surface area contributed by atoms with Crippen LogP contribution in [-0.2, 0) is 38.4 Å². The van der Waals surface area contributed by atoms with E-state index in [9.17, 15) is 29.4 Å². The molecule has 0 radical (unpaired) electrons. The molecule has 204 valence electrons. The number of aliphatic carboxylic acids is 1. The maximum Gasteiger partial charge on any atom is 0.328 e. The smallest absolute Gasteiger partial charge is 0.328 e. The first-order valence-electron chi connectivity index (χ1n) is 11.6. The zero-order chi connectivity index (χ0) is 27.7. The van der Waals surface area contributed by atoms with E-state index >= 15 is 0 Å². The Bertz CT molecular complexity index is 1180. The molecule has 0 aliphatic carbocycles. The van der Waals surface area contributed by atoms with Crippen LogP contribution < -0.4 is 21.7 Å². The van der Waals surface area contributed by atoms with Gasteiger partial charge >= 0.3 is 5.97 Å². The van der Waals surface area contributed by atoms with E-state index in [-0.39, 0.29) is 19.3 Å². The molecule has 0 bridgehead atoms. The van der Waals surface area contributed by atoms with E-state index in [2.05, 4.69) is 45.9 Å². The Morgan fingerprint density at radius 1 is 0.789 bits per heavy atom. The van der Waals surface area contributed by atoms with E-state index in [1.807, 2.05) is 0 Å². The molecule has 3 amide bonds. The van der Waals surface area contributed by atoms with Crippen molar-refractivity contribution in [2.45, 2.75) is 56.5 Å². The Morgan fingerprint density at radius 3 is 1.61 bits per heavy atom. The lowest BCUT2D eigenvalue weighted by Gasteiger charge is -2.25. The summed E-state index contributed by atoms with van der Waals surface area (Å²) in [5.74, 6) is -3.69. The van der Waals surface area contributed by atoms with Crippen LogP contribution in [0, 0.1) is 0 Å². The van der Waals surface area contributed by atoms with E-state index in [1.165, 1.54) is 32.1 Å². The minimum absolute atomic E-state index is 0.0294. The number of hydrogen-bond acceptors (Lipinski definition) is 9. The van der Waals surface area contributed by atoms with Crippen LogP contribution in [0.15, 0.2) is 37.6 Å². The van der Waals surface area contributed by atoms with Crippen molar-refractivity contribution in [3.8, 4) is 0 Å². The van der Waals surface area contributed by atoms with E-state index in [1.54, 1.807) is 12.4 Å². The molecule has 0 unspecified atom stereocenters. The molecule has 38 heavy (non-hydrogen) atoms. The van der Waals surface area contributed by atoms with E-state index < -0.39 is 54.0 Å². The molecular formula is C22H30N10O6. The third-order valence-corrected chi connectivity index (χ3v) is 5.57. The van der Waals surface area contributed by atoms with Gasteiger partial charge in [0.15, 0.2) is 6.04 Å². The Labute approximate surface area is 216 Å².